The molecular formula is C48H55N3OSi+2. The van der Waals surface area contributed by atoms with Crippen LogP contribution in [0.3, 0.4) is 0 Å². The first-order valence-corrected chi connectivity index (χ1v) is 23.8. The molecule has 1 aliphatic carbocycles. The van der Waals surface area contributed by atoms with Crippen LogP contribution >= 0.6 is 0 Å². The van der Waals surface area contributed by atoms with Crippen molar-refractivity contribution in [3.8, 4) is 22.5 Å². The highest BCUT2D eigenvalue weighted by molar-refractivity contribution is 6.89. The fraction of sp³-hybridized carbons (Fsp3) is 0.396. The molecule has 1 saturated carbocycles. The van der Waals surface area contributed by atoms with E-state index >= 15 is 0 Å². The van der Waals surface area contributed by atoms with E-state index in [1.54, 1.807) is 10.8 Å². The van der Waals surface area contributed by atoms with Crippen molar-refractivity contribution in [1.82, 2.24) is 4.98 Å². The maximum absolute atomic E-state index is 6.51. The molecule has 0 N–H and O–H groups in total. The first-order valence-electron chi connectivity index (χ1n) is 20.3. The van der Waals surface area contributed by atoms with Gasteiger partial charge in [-0.05, 0) is 104 Å². The highest BCUT2D eigenvalue weighted by Crippen LogP contribution is 2.45. The van der Waals surface area contributed by atoms with E-state index in [2.05, 4.69) is 122 Å². The average molecular weight is 718 g/mol. The highest BCUT2D eigenvalue weighted by atomic mass is 28.3. The lowest BCUT2D eigenvalue weighted by Gasteiger charge is -2.33. The first-order chi connectivity index (χ1) is 25.5. The van der Waals surface area contributed by atoms with E-state index in [0.29, 0.717) is 11.8 Å². The van der Waals surface area contributed by atoms with Crippen LogP contribution in [0.25, 0.3) is 50.3 Å². The number of allylic oxidation sites excluding steroid dienone is 1. The summed E-state index contributed by atoms with van der Waals surface area (Å²) < 4.78 is 11.6. The van der Waals surface area contributed by atoms with Crippen LogP contribution in [0, 0.1) is 18.8 Å². The molecule has 0 amide bonds. The summed E-state index contributed by atoms with van der Waals surface area (Å²) in [6.07, 6.45) is 15.5. The molecule has 2 aliphatic heterocycles. The predicted octanol–water partition coefficient (Wildman–Crippen LogP) is 10.8. The van der Waals surface area contributed by atoms with Crippen LogP contribution in [-0.2, 0) is 19.3 Å². The molecule has 0 spiro atoms. The van der Waals surface area contributed by atoms with Crippen LogP contribution in [0.2, 0.25) is 19.6 Å². The second-order valence-electron chi connectivity index (χ2n) is 18.0. The number of hydrogen-bond acceptors (Lipinski definition) is 2. The molecule has 2 unspecified atom stereocenters. The van der Waals surface area contributed by atoms with Crippen molar-refractivity contribution < 1.29 is 13.6 Å². The zero-order valence-corrected chi connectivity index (χ0v) is 33.6. The van der Waals surface area contributed by atoms with Gasteiger partial charge < -0.3 is 4.42 Å². The largest absolute Gasteiger partial charge is 0.438 e. The summed E-state index contributed by atoms with van der Waals surface area (Å²) in [7, 11) is -1.64. The third kappa shape index (κ3) is 6.19. The van der Waals surface area contributed by atoms with Gasteiger partial charge in [0.25, 0.3) is 0 Å². The maximum atomic E-state index is 6.51. The Morgan fingerprint density at radius 3 is 2.51 bits per heavy atom. The number of fused-ring (bicyclic) bond motifs is 12. The molecule has 2 atom stereocenters. The van der Waals surface area contributed by atoms with E-state index in [4.69, 9.17) is 16.0 Å². The van der Waals surface area contributed by atoms with Crippen molar-refractivity contribution in [2.75, 3.05) is 0 Å². The Labute approximate surface area is 316 Å². The minimum absolute atomic E-state index is 0.265. The van der Waals surface area contributed by atoms with Gasteiger partial charge in [0.1, 0.15) is 5.58 Å². The third-order valence-electron chi connectivity index (χ3n) is 12.6. The number of aryl methyl sites for hydroxylation is 2. The van der Waals surface area contributed by atoms with Gasteiger partial charge in [-0.15, -0.1) is 0 Å². The molecule has 53 heavy (non-hydrogen) atoms. The molecule has 5 heteroatoms. The number of pyridine rings is 3. The Hall–Kier alpha value is -4.35. The summed E-state index contributed by atoms with van der Waals surface area (Å²) in [6, 6.07) is 26.0. The van der Waals surface area contributed by atoms with E-state index < -0.39 is 8.07 Å². The Kier molecular flexibility index (Phi) is 8.57. The van der Waals surface area contributed by atoms with Gasteiger partial charge in [0.15, 0.2) is 24.1 Å². The average Bonchev–Trinajstić information content (AvgIpc) is 3.76. The molecule has 0 saturated heterocycles. The number of furan rings is 1. The Bertz CT molecular complexity index is 2410. The Morgan fingerprint density at radius 1 is 0.906 bits per heavy atom. The smallest absolute Gasteiger partial charge is 0.227 e. The minimum Gasteiger partial charge on any atom is -0.438 e. The number of benzene rings is 2. The van der Waals surface area contributed by atoms with Crippen molar-refractivity contribution in [3.05, 3.63) is 114 Å². The lowest BCUT2D eigenvalue weighted by atomic mass is 9.77. The number of hydrogen-bond donors (Lipinski definition) is 0. The lowest BCUT2D eigenvalue weighted by Crippen LogP contribution is -2.54. The molecule has 0 radical (unpaired) electrons. The molecule has 2 aromatic carbocycles. The van der Waals surface area contributed by atoms with Gasteiger partial charge in [-0.3, -0.25) is 0 Å². The molecule has 9 rings (SSSR count). The van der Waals surface area contributed by atoms with Gasteiger partial charge in [0.2, 0.25) is 17.1 Å². The molecule has 6 heterocycles. The summed E-state index contributed by atoms with van der Waals surface area (Å²) >= 11 is 0. The zero-order chi connectivity index (χ0) is 36.6. The molecule has 4 nitrogen and oxygen atoms in total. The number of rotatable bonds is 5. The van der Waals surface area contributed by atoms with Crippen molar-refractivity contribution in [3.63, 3.8) is 0 Å². The molecular weight excluding hydrogens is 663 g/mol. The summed E-state index contributed by atoms with van der Waals surface area (Å²) in [4.78, 5) is 4.79. The normalized spacial score (nSPS) is 18.9. The summed E-state index contributed by atoms with van der Waals surface area (Å²) in [5, 5.41) is 3.86. The van der Waals surface area contributed by atoms with Gasteiger partial charge in [-0.1, -0.05) is 77.4 Å². The van der Waals surface area contributed by atoms with Crippen LogP contribution < -0.4 is 14.3 Å². The van der Waals surface area contributed by atoms with Gasteiger partial charge in [0.05, 0.1) is 20.1 Å². The van der Waals surface area contributed by atoms with Crippen molar-refractivity contribution >= 4 is 41.0 Å². The molecule has 1 fully saturated rings. The van der Waals surface area contributed by atoms with E-state index in [0.717, 1.165) is 71.5 Å². The van der Waals surface area contributed by atoms with Crippen LogP contribution in [0.5, 0.6) is 0 Å². The van der Waals surface area contributed by atoms with Crippen LogP contribution in [0.4, 0.5) is 0 Å². The monoisotopic (exact) mass is 717 g/mol. The van der Waals surface area contributed by atoms with Crippen LogP contribution in [-0.4, -0.2) is 13.1 Å². The Morgan fingerprint density at radius 2 is 1.72 bits per heavy atom. The molecule has 3 aliphatic rings. The second kappa shape index (κ2) is 13.2. The molecule has 0 bridgehead atoms. The van der Waals surface area contributed by atoms with E-state index in [9.17, 15) is 0 Å². The summed E-state index contributed by atoms with van der Waals surface area (Å²) in [5.74, 6) is 1.74. The van der Waals surface area contributed by atoms with Gasteiger partial charge in [-0.2, -0.15) is 9.13 Å². The SMILES string of the molecule is C=C1CC2C(CCc3cc4c(cc3-c3cc(CC5CCCC5)cc[n+]31)oc1nc(C)ccc14)c1ccccc1-c1cc(CC(C)C)c([Si](C)(C)C)c[n+]12. The Balaban J connectivity index is 1.25. The van der Waals surface area contributed by atoms with Gasteiger partial charge in [0, 0.05) is 51.3 Å². The fourth-order valence-corrected chi connectivity index (χ4v) is 11.7. The summed E-state index contributed by atoms with van der Waals surface area (Å²) in [6.45, 7) is 19.2. The second-order valence-corrected chi connectivity index (χ2v) is 23.0. The zero-order valence-electron chi connectivity index (χ0n) is 32.6. The quantitative estimate of drug-likeness (QED) is 0.131. The van der Waals surface area contributed by atoms with Crippen molar-refractivity contribution in [2.24, 2.45) is 11.8 Å². The predicted molar refractivity (Wildman–Crippen MR) is 221 cm³/mol. The van der Waals surface area contributed by atoms with Crippen LogP contribution in [0.15, 0.2) is 90.1 Å². The standard InChI is InChI=1S/C48H55N3OSi/c1-30(2)22-36-27-45-38-15-11-10-14-37(38)39-19-17-35-26-42-40-18-16-31(3)49-48(40)52-46(42)28-41(35)44-25-34(24-33-12-8-9-13-33)20-21-50(44)32(4)23-43(39)51(45)29-47(36)53(5,6)7/h10-11,14-16,18,20-21,25-30,33,39,43H,4,8-9,12-13,17,19,22-24H2,1-3,5-7H3/q+2. The molecule has 6 aromatic rings. The van der Waals surface area contributed by atoms with Crippen molar-refractivity contribution in [2.45, 2.75) is 110 Å². The first kappa shape index (κ1) is 34.4. The van der Waals surface area contributed by atoms with E-state index in [1.807, 2.05) is 6.92 Å². The van der Waals surface area contributed by atoms with Gasteiger partial charge >= 0.3 is 0 Å². The number of nitrogens with zero attached hydrogens (tertiary/aromatic N) is 3. The summed E-state index contributed by atoms with van der Waals surface area (Å²) in [5.41, 5.74) is 14.9. The van der Waals surface area contributed by atoms with Crippen molar-refractivity contribution in [1.29, 1.82) is 0 Å². The minimum atomic E-state index is -1.64. The third-order valence-corrected chi connectivity index (χ3v) is 14.7. The fourth-order valence-electron chi connectivity index (χ4n) is 10.1. The maximum Gasteiger partial charge on any atom is 0.227 e. The lowest BCUT2D eigenvalue weighted by molar-refractivity contribution is -0.719. The molecule has 4 aromatic heterocycles. The van der Waals surface area contributed by atoms with E-state index in [-0.39, 0.29) is 6.04 Å². The highest BCUT2D eigenvalue weighted by Gasteiger charge is 2.44. The van der Waals surface area contributed by atoms with Gasteiger partial charge in [-0.25, -0.2) is 4.98 Å². The van der Waals surface area contributed by atoms with Crippen LogP contribution in [0.1, 0.15) is 92.3 Å². The molecule has 270 valence electrons. The number of aromatic nitrogens is 3. The van der Waals surface area contributed by atoms with E-state index in [1.165, 1.54) is 64.9 Å². The topological polar surface area (TPSA) is 33.8 Å².